The molecule has 0 fully saturated rings. The lowest BCUT2D eigenvalue weighted by atomic mass is 10.3. The van der Waals surface area contributed by atoms with Crippen molar-refractivity contribution in [3.63, 3.8) is 0 Å². The van der Waals surface area contributed by atoms with Crippen molar-refractivity contribution in [2.45, 2.75) is 0 Å². The third-order valence-electron chi connectivity index (χ3n) is 3.16. The molecule has 1 aromatic heterocycles. The minimum absolute atomic E-state index is 0.309. The minimum atomic E-state index is 0.309. The van der Waals surface area contributed by atoms with Crippen LogP contribution in [0.5, 0.6) is 0 Å². The van der Waals surface area contributed by atoms with E-state index in [9.17, 15) is 5.26 Å². The maximum atomic E-state index is 9.37. The van der Waals surface area contributed by atoms with Crippen LogP contribution < -0.4 is 11.1 Å². The van der Waals surface area contributed by atoms with E-state index in [4.69, 9.17) is 5.73 Å². The van der Waals surface area contributed by atoms with Gasteiger partial charge < -0.3 is 11.1 Å². The molecule has 2 aromatic carbocycles. The van der Waals surface area contributed by atoms with Gasteiger partial charge in [-0.15, -0.1) is 5.10 Å². The fraction of sp³-hybridized carbons (Fsp3) is 0. The summed E-state index contributed by atoms with van der Waals surface area (Å²) >= 11 is 3.46. The Hall–Kier alpha value is -2.78. The molecule has 22 heavy (non-hydrogen) atoms. The van der Waals surface area contributed by atoms with E-state index in [1.807, 2.05) is 54.6 Å². The van der Waals surface area contributed by atoms with Crippen LogP contribution in [-0.4, -0.2) is 9.78 Å². The molecular weight excluding hydrogens is 342 g/mol. The van der Waals surface area contributed by atoms with Crippen molar-refractivity contribution in [1.29, 1.82) is 5.26 Å². The van der Waals surface area contributed by atoms with Crippen LogP contribution in [0.4, 0.5) is 17.3 Å². The van der Waals surface area contributed by atoms with E-state index in [1.165, 1.54) is 0 Å². The molecule has 0 aliphatic rings. The average Bonchev–Trinajstić information content (AvgIpc) is 2.86. The Morgan fingerprint density at radius 1 is 1.09 bits per heavy atom. The van der Waals surface area contributed by atoms with Gasteiger partial charge in [0.25, 0.3) is 0 Å². The first-order valence-electron chi connectivity index (χ1n) is 6.56. The largest absolute Gasteiger partial charge is 0.382 e. The summed E-state index contributed by atoms with van der Waals surface area (Å²) in [6, 6.07) is 19.2. The van der Waals surface area contributed by atoms with Crippen molar-refractivity contribution in [3.05, 3.63) is 64.6 Å². The molecule has 3 aromatic rings. The van der Waals surface area contributed by atoms with Gasteiger partial charge in [-0.2, -0.15) is 5.26 Å². The summed E-state index contributed by atoms with van der Waals surface area (Å²) in [7, 11) is 0. The highest BCUT2D eigenvalue weighted by atomic mass is 79.9. The third kappa shape index (κ3) is 2.54. The number of hydrogen-bond donors (Lipinski definition) is 2. The number of para-hydroxylation sites is 2. The van der Waals surface area contributed by atoms with E-state index in [0.29, 0.717) is 17.2 Å². The van der Waals surface area contributed by atoms with E-state index in [1.54, 1.807) is 4.68 Å². The predicted molar refractivity (Wildman–Crippen MR) is 90.1 cm³/mol. The maximum Gasteiger partial charge on any atom is 0.173 e. The summed E-state index contributed by atoms with van der Waals surface area (Å²) in [5.41, 5.74) is 8.00. The van der Waals surface area contributed by atoms with Gasteiger partial charge >= 0.3 is 0 Å². The number of aromatic nitrogens is 2. The number of nitrogens with zero attached hydrogens (tertiary/aromatic N) is 3. The summed E-state index contributed by atoms with van der Waals surface area (Å²) in [5.74, 6) is 0.735. The van der Waals surface area contributed by atoms with Crippen molar-refractivity contribution in [1.82, 2.24) is 9.78 Å². The lowest BCUT2D eigenvalue weighted by Crippen LogP contribution is -2.02. The van der Waals surface area contributed by atoms with Gasteiger partial charge in [0.2, 0.25) is 0 Å². The molecule has 6 heteroatoms. The lowest BCUT2D eigenvalue weighted by Gasteiger charge is -2.05. The number of nitrogens with two attached hydrogens (primary N) is 1. The third-order valence-corrected chi connectivity index (χ3v) is 3.85. The van der Waals surface area contributed by atoms with Crippen LogP contribution in [0.2, 0.25) is 0 Å². The van der Waals surface area contributed by atoms with Gasteiger partial charge in [-0.25, -0.2) is 4.68 Å². The summed E-state index contributed by atoms with van der Waals surface area (Å²) in [6.07, 6.45) is 0. The Kier molecular flexibility index (Phi) is 3.81. The van der Waals surface area contributed by atoms with E-state index in [0.717, 1.165) is 15.8 Å². The van der Waals surface area contributed by atoms with Crippen molar-refractivity contribution in [2.24, 2.45) is 0 Å². The summed E-state index contributed by atoms with van der Waals surface area (Å²) < 4.78 is 2.43. The molecular formula is C16H12BrN5. The zero-order valence-electron chi connectivity index (χ0n) is 11.5. The first-order chi connectivity index (χ1) is 10.7. The van der Waals surface area contributed by atoms with Crippen molar-refractivity contribution in [2.75, 3.05) is 11.1 Å². The summed E-state index contributed by atoms with van der Waals surface area (Å²) in [5, 5.41) is 16.9. The standard InChI is InChI=1S/C16H12BrN5/c17-13-8-4-5-9-14(13)20-16-12(10-18)15(19)22(21-16)11-6-2-1-3-7-11/h1-9H,19H2,(H,20,21). The quantitative estimate of drug-likeness (QED) is 0.749. The van der Waals surface area contributed by atoms with E-state index in [-0.39, 0.29) is 0 Å². The molecule has 5 nitrogen and oxygen atoms in total. The van der Waals surface area contributed by atoms with Crippen molar-refractivity contribution < 1.29 is 0 Å². The maximum absolute atomic E-state index is 9.37. The number of anilines is 3. The highest BCUT2D eigenvalue weighted by Gasteiger charge is 2.17. The lowest BCUT2D eigenvalue weighted by molar-refractivity contribution is 0.895. The molecule has 0 aliphatic carbocycles. The molecule has 3 rings (SSSR count). The van der Waals surface area contributed by atoms with Crippen LogP contribution in [0.25, 0.3) is 5.69 Å². The molecule has 0 saturated heterocycles. The Labute approximate surface area is 136 Å². The predicted octanol–water partition coefficient (Wildman–Crippen LogP) is 3.83. The van der Waals surface area contributed by atoms with Crippen LogP contribution >= 0.6 is 15.9 Å². The Morgan fingerprint density at radius 3 is 2.45 bits per heavy atom. The van der Waals surface area contributed by atoms with Gasteiger partial charge in [-0.05, 0) is 40.2 Å². The van der Waals surface area contributed by atoms with Crippen LogP contribution in [0.1, 0.15) is 5.56 Å². The van der Waals surface area contributed by atoms with Gasteiger partial charge in [0, 0.05) is 4.47 Å². The number of benzene rings is 2. The zero-order chi connectivity index (χ0) is 15.5. The van der Waals surface area contributed by atoms with Gasteiger partial charge in [-0.1, -0.05) is 30.3 Å². The Balaban J connectivity index is 2.06. The fourth-order valence-corrected chi connectivity index (χ4v) is 2.47. The topological polar surface area (TPSA) is 79.7 Å². The number of hydrogen-bond acceptors (Lipinski definition) is 4. The first-order valence-corrected chi connectivity index (χ1v) is 7.35. The second-order valence-corrected chi connectivity index (χ2v) is 5.43. The first kappa shape index (κ1) is 14.2. The summed E-state index contributed by atoms with van der Waals surface area (Å²) in [4.78, 5) is 0. The van der Waals surface area contributed by atoms with Gasteiger partial charge in [0.1, 0.15) is 17.5 Å². The molecule has 0 spiro atoms. The van der Waals surface area contributed by atoms with E-state index >= 15 is 0 Å². The normalized spacial score (nSPS) is 10.2. The summed E-state index contributed by atoms with van der Waals surface area (Å²) in [6.45, 7) is 0. The van der Waals surface area contributed by atoms with Gasteiger partial charge in [0.15, 0.2) is 5.82 Å². The van der Waals surface area contributed by atoms with Crippen LogP contribution in [-0.2, 0) is 0 Å². The Bertz CT molecular complexity index is 849. The van der Waals surface area contributed by atoms with Crippen LogP contribution in [0.15, 0.2) is 59.1 Å². The average molecular weight is 354 g/mol. The second kappa shape index (κ2) is 5.92. The number of nitrogens with one attached hydrogen (secondary N) is 1. The van der Waals surface area contributed by atoms with Crippen molar-refractivity contribution in [3.8, 4) is 11.8 Å². The number of nitrogen functional groups attached to an aromatic ring is 1. The molecule has 0 unspecified atom stereocenters. The SMILES string of the molecule is N#Cc1c(Nc2ccccc2Br)nn(-c2ccccc2)c1N. The van der Waals surface area contributed by atoms with E-state index in [2.05, 4.69) is 32.4 Å². The number of halogens is 1. The molecule has 3 N–H and O–H groups in total. The van der Waals surface area contributed by atoms with Crippen LogP contribution in [0, 0.1) is 11.3 Å². The number of rotatable bonds is 3. The number of nitriles is 1. The highest BCUT2D eigenvalue weighted by Crippen LogP contribution is 2.29. The molecule has 0 amide bonds. The molecule has 1 heterocycles. The molecule has 0 saturated carbocycles. The molecule has 0 aliphatic heterocycles. The molecule has 0 atom stereocenters. The smallest absolute Gasteiger partial charge is 0.173 e. The Morgan fingerprint density at radius 2 is 1.77 bits per heavy atom. The van der Waals surface area contributed by atoms with Crippen molar-refractivity contribution >= 4 is 33.3 Å². The van der Waals surface area contributed by atoms with Gasteiger partial charge in [-0.3, -0.25) is 0 Å². The molecule has 0 bridgehead atoms. The molecule has 108 valence electrons. The van der Waals surface area contributed by atoms with Gasteiger partial charge in [0.05, 0.1) is 11.4 Å². The minimum Gasteiger partial charge on any atom is -0.382 e. The van der Waals surface area contributed by atoms with E-state index < -0.39 is 0 Å². The fourth-order valence-electron chi connectivity index (χ4n) is 2.08. The molecule has 0 radical (unpaired) electrons. The monoisotopic (exact) mass is 353 g/mol. The van der Waals surface area contributed by atoms with Crippen LogP contribution in [0.3, 0.4) is 0 Å². The second-order valence-electron chi connectivity index (χ2n) is 4.57. The zero-order valence-corrected chi connectivity index (χ0v) is 13.1. The highest BCUT2D eigenvalue weighted by molar-refractivity contribution is 9.10.